The van der Waals surface area contributed by atoms with Gasteiger partial charge in [-0.3, -0.25) is 0 Å². The lowest BCUT2D eigenvalue weighted by Crippen LogP contribution is -2.44. The number of carboxylic acids is 1. The Morgan fingerprint density at radius 1 is 1.45 bits per heavy atom. The summed E-state index contributed by atoms with van der Waals surface area (Å²) in [6.07, 6.45) is 2.75. The van der Waals surface area contributed by atoms with E-state index in [2.05, 4.69) is 17.3 Å². The standard InChI is InChI=1S/C14H26N2O4/c1-14(2,3)20-13(19)15-11(12(17)18)8-7-10-6-5-9-16(10)4/h10-11H,5-9H2,1-4H3,(H,15,19)(H,17,18). The van der Waals surface area contributed by atoms with Crippen LogP contribution in [0.1, 0.15) is 46.5 Å². The molecule has 0 spiro atoms. The van der Waals surface area contributed by atoms with Gasteiger partial charge in [-0.2, -0.15) is 0 Å². The summed E-state index contributed by atoms with van der Waals surface area (Å²) in [4.78, 5) is 25.1. The number of hydrogen-bond donors (Lipinski definition) is 2. The lowest BCUT2D eigenvalue weighted by atomic mass is 10.0. The minimum absolute atomic E-state index is 0.414. The molecule has 0 aliphatic carbocycles. The number of ether oxygens (including phenoxy) is 1. The van der Waals surface area contributed by atoms with Crippen molar-refractivity contribution in [2.45, 2.75) is 64.1 Å². The van der Waals surface area contributed by atoms with Crippen LogP contribution >= 0.6 is 0 Å². The van der Waals surface area contributed by atoms with E-state index in [9.17, 15) is 14.7 Å². The number of nitrogens with one attached hydrogen (secondary N) is 1. The molecule has 0 saturated carbocycles. The Morgan fingerprint density at radius 3 is 2.55 bits per heavy atom. The largest absolute Gasteiger partial charge is 0.480 e. The van der Waals surface area contributed by atoms with Gasteiger partial charge in [0.25, 0.3) is 0 Å². The minimum atomic E-state index is -1.02. The molecule has 0 radical (unpaired) electrons. The third-order valence-electron chi connectivity index (χ3n) is 3.45. The molecular weight excluding hydrogens is 260 g/mol. The first-order valence-electron chi connectivity index (χ1n) is 7.11. The van der Waals surface area contributed by atoms with E-state index in [4.69, 9.17) is 4.74 Å². The van der Waals surface area contributed by atoms with Gasteiger partial charge in [0.1, 0.15) is 11.6 Å². The van der Waals surface area contributed by atoms with Crippen LogP contribution in [0.15, 0.2) is 0 Å². The predicted molar refractivity (Wildman–Crippen MR) is 75.7 cm³/mol. The number of carbonyl (C=O) groups is 2. The number of likely N-dealkylation sites (tertiary alicyclic amines) is 1. The van der Waals surface area contributed by atoms with E-state index >= 15 is 0 Å². The fourth-order valence-electron chi connectivity index (χ4n) is 2.41. The molecule has 1 heterocycles. The topological polar surface area (TPSA) is 78.9 Å². The van der Waals surface area contributed by atoms with Gasteiger partial charge in [0.05, 0.1) is 0 Å². The Morgan fingerprint density at radius 2 is 2.10 bits per heavy atom. The van der Waals surface area contributed by atoms with Crippen LogP contribution in [-0.2, 0) is 9.53 Å². The second-order valence-electron chi connectivity index (χ2n) is 6.39. The Hall–Kier alpha value is -1.30. The minimum Gasteiger partial charge on any atom is -0.480 e. The monoisotopic (exact) mass is 286 g/mol. The van der Waals surface area contributed by atoms with Crippen molar-refractivity contribution in [2.75, 3.05) is 13.6 Å². The second-order valence-corrected chi connectivity index (χ2v) is 6.39. The van der Waals surface area contributed by atoms with Crippen LogP contribution in [0.5, 0.6) is 0 Å². The highest BCUT2D eigenvalue weighted by Gasteiger charge is 2.27. The first-order chi connectivity index (χ1) is 9.19. The van der Waals surface area contributed by atoms with E-state index < -0.39 is 23.7 Å². The smallest absolute Gasteiger partial charge is 0.408 e. The maximum absolute atomic E-state index is 11.6. The number of carbonyl (C=O) groups excluding carboxylic acids is 1. The SMILES string of the molecule is CN1CCCC1CCC(NC(=O)OC(C)(C)C)C(=O)O. The van der Waals surface area contributed by atoms with Crippen molar-refractivity contribution in [1.29, 1.82) is 0 Å². The predicted octanol–water partition coefficient (Wildman–Crippen LogP) is 1.84. The Bertz CT molecular complexity index is 352. The van der Waals surface area contributed by atoms with Gasteiger partial charge in [-0.05, 0) is 60.0 Å². The van der Waals surface area contributed by atoms with Crippen molar-refractivity contribution in [3.05, 3.63) is 0 Å². The van der Waals surface area contributed by atoms with Crippen LogP contribution in [0.25, 0.3) is 0 Å². The number of alkyl carbamates (subject to hydrolysis) is 1. The van der Waals surface area contributed by atoms with Crippen molar-refractivity contribution in [2.24, 2.45) is 0 Å². The van der Waals surface area contributed by atoms with E-state index in [-0.39, 0.29) is 0 Å². The first kappa shape index (κ1) is 16.8. The Kier molecular flexibility index (Phi) is 5.80. The Balaban J connectivity index is 2.44. The van der Waals surface area contributed by atoms with Gasteiger partial charge in [0.15, 0.2) is 0 Å². The molecule has 20 heavy (non-hydrogen) atoms. The highest BCUT2D eigenvalue weighted by atomic mass is 16.6. The molecule has 2 unspecified atom stereocenters. The zero-order valence-electron chi connectivity index (χ0n) is 12.8. The quantitative estimate of drug-likeness (QED) is 0.806. The normalized spacial score (nSPS) is 21.5. The van der Waals surface area contributed by atoms with Crippen LogP contribution in [0.2, 0.25) is 0 Å². The number of aliphatic carboxylic acids is 1. The first-order valence-corrected chi connectivity index (χ1v) is 7.11. The molecule has 0 aromatic heterocycles. The summed E-state index contributed by atoms with van der Waals surface area (Å²) in [5.74, 6) is -1.02. The molecule has 1 amide bonds. The third-order valence-corrected chi connectivity index (χ3v) is 3.45. The average molecular weight is 286 g/mol. The number of amides is 1. The molecule has 0 aromatic carbocycles. The molecular formula is C14H26N2O4. The summed E-state index contributed by atoms with van der Waals surface area (Å²) in [5.41, 5.74) is -0.626. The van der Waals surface area contributed by atoms with Gasteiger partial charge in [0, 0.05) is 6.04 Å². The summed E-state index contributed by atoms with van der Waals surface area (Å²) >= 11 is 0. The third kappa shape index (κ3) is 5.77. The Labute approximate surface area is 120 Å². The average Bonchev–Trinajstić information content (AvgIpc) is 2.67. The van der Waals surface area contributed by atoms with Crippen LogP contribution in [-0.4, -0.2) is 53.3 Å². The summed E-state index contributed by atoms with van der Waals surface area (Å²) in [6, 6.07) is -0.476. The summed E-state index contributed by atoms with van der Waals surface area (Å²) in [6.45, 7) is 6.30. The summed E-state index contributed by atoms with van der Waals surface area (Å²) in [5, 5.41) is 11.6. The molecule has 2 atom stereocenters. The molecule has 1 aliphatic heterocycles. The summed E-state index contributed by atoms with van der Waals surface area (Å²) in [7, 11) is 2.05. The van der Waals surface area contributed by atoms with Crippen molar-refractivity contribution in [1.82, 2.24) is 10.2 Å². The highest BCUT2D eigenvalue weighted by Crippen LogP contribution is 2.20. The highest BCUT2D eigenvalue weighted by molar-refractivity contribution is 5.79. The molecule has 6 nitrogen and oxygen atoms in total. The number of nitrogens with zero attached hydrogens (tertiary/aromatic N) is 1. The van der Waals surface area contributed by atoms with Crippen LogP contribution in [0.3, 0.4) is 0 Å². The van der Waals surface area contributed by atoms with Crippen LogP contribution in [0.4, 0.5) is 4.79 Å². The number of rotatable bonds is 5. The van der Waals surface area contributed by atoms with E-state index in [1.54, 1.807) is 20.8 Å². The lowest BCUT2D eigenvalue weighted by molar-refractivity contribution is -0.139. The van der Waals surface area contributed by atoms with Gasteiger partial charge >= 0.3 is 12.1 Å². The molecule has 1 saturated heterocycles. The molecule has 1 fully saturated rings. The van der Waals surface area contributed by atoms with Crippen LogP contribution < -0.4 is 5.32 Å². The van der Waals surface area contributed by atoms with Crippen molar-refractivity contribution < 1.29 is 19.4 Å². The molecule has 116 valence electrons. The van der Waals surface area contributed by atoms with Gasteiger partial charge in [-0.1, -0.05) is 0 Å². The maximum Gasteiger partial charge on any atom is 0.408 e. The molecule has 0 bridgehead atoms. The van der Waals surface area contributed by atoms with Gasteiger partial charge in [0.2, 0.25) is 0 Å². The fraction of sp³-hybridized carbons (Fsp3) is 0.857. The van der Waals surface area contributed by atoms with Crippen LogP contribution in [0, 0.1) is 0 Å². The maximum atomic E-state index is 11.6. The van der Waals surface area contributed by atoms with Gasteiger partial charge < -0.3 is 20.1 Å². The molecule has 0 aromatic rings. The molecule has 1 aliphatic rings. The van der Waals surface area contributed by atoms with Crippen molar-refractivity contribution in [3.8, 4) is 0 Å². The fourth-order valence-corrected chi connectivity index (χ4v) is 2.41. The van der Waals surface area contributed by atoms with E-state index in [0.717, 1.165) is 25.8 Å². The van der Waals surface area contributed by atoms with E-state index in [1.807, 2.05) is 0 Å². The number of carboxylic acid groups (broad SMARTS) is 1. The summed E-state index contributed by atoms with van der Waals surface area (Å²) < 4.78 is 5.09. The van der Waals surface area contributed by atoms with E-state index in [1.165, 1.54) is 0 Å². The molecule has 6 heteroatoms. The lowest BCUT2D eigenvalue weighted by Gasteiger charge is -2.24. The molecule has 1 rings (SSSR count). The molecule has 2 N–H and O–H groups in total. The zero-order chi connectivity index (χ0) is 15.3. The van der Waals surface area contributed by atoms with E-state index in [0.29, 0.717) is 12.5 Å². The van der Waals surface area contributed by atoms with Crippen molar-refractivity contribution in [3.63, 3.8) is 0 Å². The zero-order valence-corrected chi connectivity index (χ0v) is 12.8. The van der Waals surface area contributed by atoms with Crippen molar-refractivity contribution >= 4 is 12.1 Å². The second kappa shape index (κ2) is 6.92. The van der Waals surface area contributed by atoms with Gasteiger partial charge in [-0.25, -0.2) is 9.59 Å². The number of hydrogen-bond acceptors (Lipinski definition) is 4. The van der Waals surface area contributed by atoms with Gasteiger partial charge in [-0.15, -0.1) is 0 Å².